The summed E-state index contributed by atoms with van der Waals surface area (Å²) in [4.78, 5) is 0. The molecule has 2 aromatic rings. The van der Waals surface area contributed by atoms with Crippen LogP contribution in [0.15, 0.2) is 24.5 Å². The number of aryl methyl sites for hydroxylation is 1. The van der Waals surface area contributed by atoms with E-state index >= 15 is 0 Å². The van der Waals surface area contributed by atoms with Crippen molar-refractivity contribution in [1.82, 2.24) is 9.78 Å². The van der Waals surface area contributed by atoms with E-state index in [1.165, 1.54) is 0 Å². The first-order valence-electron chi connectivity index (χ1n) is 6.21. The third kappa shape index (κ3) is 2.99. The van der Waals surface area contributed by atoms with Crippen molar-refractivity contribution in [2.45, 2.75) is 13.0 Å². The summed E-state index contributed by atoms with van der Waals surface area (Å²) in [6.07, 6.45) is 3.68. The number of aromatic nitrogens is 2. The number of ether oxygens (including phenoxy) is 2. The van der Waals surface area contributed by atoms with Gasteiger partial charge in [-0.3, -0.25) is 4.68 Å². The summed E-state index contributed by atoms with van der Waals surface area (Å²) >= 11 is 6.18. The maximum absolute atomic E-state index is 6.18. The third-order valence-corrected chi connectivity index (χ3v) is 3.35. The average Bonchev–Trinajstić information content (AvgIpc) is 2.83. The van der Waals surface area contributed by atoms with Gasteiger partial charge in [0.05, 0.1) is 37.2 Å². The summed E-state index contributed by atoms with van der Waals surface area (Å²) in [6.45, 7) is 2.04. The molecule has 0 bridgehead atoms. The molecular weight excluding hydrogens is 278 g/mol. The smallest absolute Gasteiger partial charge is 0.141 e. The second-order valence-electron chi connectivity index (χ2n) is 4.50. The minimum absolute atomic E-state index is 0.0255. The highest BCUT2D eigenvalue weighted by Crippen LogP contribution is 2.36. The molecule has 0 saturated carbocycles. The Hall–Kier alpha value is -1.88. The van der Waals surface area contributed by atoms with E-state index in [2.05, 4.69) is 10.4 Å². The topological polar surface area (TPSA) is 48.3 Å². The fourth-order valence-corrected chi connectivity index (χ4v) is 2.29. The van der Waals surface area contributed by atoms with Crippen molar-refractivity contribution < 1.29 is 9.47 Å². The first-order valence-corrected chi connectivity index (χ1v) is 6.59. The molecule has 0 amide bonds. The lowest BCUT2D eigenvalue weighted by atomic mass is 10.1. The number of anilines is 1. The van der Waals surface area contributed by atoms with E-state index in [0.717, 1.165) is 17.0 Å². The second-order valence-corrected chi connectivity index (χ2v) is 4.90. The van der Waals surface area contributed by atoms with E-state index < -0.39 is 0 Å². The fraction of sp³-hybridized carbons (Fsp3) is 0.357. The number of benzene rings is 1. The van der Waals surface area contributed by atoms with Gasteiger partial charge in [0, 0.05) is 24.9 Å². The Morgan fingerprint density at radius 2 is 1.95 bits per heavy atom. The van der Waals surface area contributed by atoms with Crippen molar-refractivity contribution in [2.24, 2.45) is 7.05 Å². The second kappa shape index (κ2) is 6.05. The molecule has 0 radical (unpaired) electrons. The monoisotopic (exact) mass is 295 g/mol. The minimum atomic E-state index is 0.0255. The summed E-state index contributed by atoms with van der Waals surface area (Å²) in [5.74, 6) is 1.33. The Morgan fingerprint density at radius 3 is 2.50 bits per heavy atom. The number of nitrogens with zero attached hydrogens (tertiary/aromatic N) is 2. The van der Waals surface area contributed by atoms with Gasteiger partial charge in [0.25, 0.3) is 0 Å². The quantitative estimate of drug-likeness (QED) is 0.920. The van der Waals surface area contributed by atoms with E-state index in [1.54, 1.807) is 31.2 Å². The molecule has 1 heterocycles. The van der Waals surface area contributed by atoms with Crippen molar-refractivity contribution >= 4 is 17.3 Å². The zero-order valence-corrected chi connectivity index (χ0v) is 12.7. The molecule has 6 heteroatoms. The van der Waals surface area contributed by atoms with Crippen LogP contribution in [-0.4, -0.2) is 24.0 Å². The Balaban J connectivity index is 2.28. The molecule has 1 atom stereocenters. The summed E-state index contributed by atoms with van der Waals surface area (Å²) in [5.41, 5.74) is 1.90. The van der Waals surface area contributed by atoms with Crippen molar-refractivity contribution in [2.75, 3.05) is 19.5 Å². The van der Waals surface area contributed by atoms with Crippen molar-refractivity contribution in [1.29, 1.82) is 0 Å². The van der Waals surface area contributed by atoms with Crippen LogP contribution < -0.4 is 14.8 Å². The van der Waals surface area contributed by atoms with Crippen molar-refractivity contribution in [3.8, 4) is 11.5 Å². The molecular formula is C14H18ClN3O2. The molecule has 0 aliphatic heterocycles. The highest BCUT2D eigenvalue weighted by atomic mass is 35.5. The lowest BCUT2D eigenvalue weighted by molar-refractivity contribution is 0.390. The number of hydrogen-bond donors (Lipinski definition) is 1. The van der Waals surface area contributed by atoms with Gasteiger partial charge in [-0.15, -0.1) is 0 Å². The van der Waals surface area contributed by atoms with E-state index in [-0.39, 0.29) is 6.04 Å². The van der Waals surface area contributed by atoms with Crippen molar-refractivity contribution in [3.63, 3.8) is 0 Å². The highest BCUT2D eigenvalue weighted by Gasteiger charge is 2.15. The standard InChI is InChI=1S/C14H18ClN3O2/c1-9(17-10-7-16-18(2)8-10)11-5-12(15)14(20-4)6-13(11)19-3/h5-9,17H,1-4H3/t9-/m1/s1. The van der Waals surface area contributed by atoms with Gasteiger partial charge in [-0.1, -0.05) is 11.6 Å². The van der Waals surface area contributed by atoms with Crippen LogP contribution in [-0.2, 0) is 7.05 Å². The SMILES string of the molecule is COc1cc(OC)c([C@@H](C)Nc2cnn(C)c2)cc1Cl. The molecule has 0 unspecified atom stereocenters. The lowest BCUT2D eigenvalue weighted by Crippen LogP contribution is -2.08. The molecule has 0 spiro atoms. The highest BCUT2D eigenvalue weighted by molar-refractivity contribution is 6.32. The number of halogens is 1. The Morgan fingerprint density at radius 1 is 1.25 bits per heavy atom. The van der Waals surface area contributed by atoms with Crippen LogP contribution in [0.2, 0.25) is 5.02 Å². The van der Waals surface area contributed by atoms with Gasteiger partial charge in [-0.2, -0.15) is 5.10 Å². The van der Waals surface area contributed by atoms with E-state index in [1.807, 2.05) is 26.2 Å². The van der Waals surface area contributed by atoms with Gasteiger partial charge < -0.3 is 14.8 Å². The number of nitrogens with one attached hydrogen (secondary N) is 1. The van der Waals surface area contributed by atoms with Crippen LogP contribution in [0.4, 0.5) is 5.69 Å². The van der Waals surface area contributed by atoms with Crippen LogP contribution >= 0.6 is 11.6 Å². The molecule has 0 saturated heterocycles. The molecule has 1 aromatic carbocycles. The normalized spacial score (nSPS) is 12.1. The van der Waals surface area contributed by atoms with E-state index in [4.69, 9.17) is 21.1 Å². The molecule has 2 rings (SSSR count). The predicted octanol–water partition coefficient (Wildman–Crippen LogP) is 3.26. The van der Waals surface area contributed by atoms with Gasteiger partial charge in [0.2, 0.25) is 0 Å². The summed E-state index contributed by atoms with van der Waals surface area (Å²) in [6, 6.07) is 3.67. The Bertz CT molecular complexity index is 598. The maximum Gasteiger partial charge on any atom is 0.141 e. The maximum atomic E-state index is 6.18. The van der Waals surface area contributed by atoms with Gasteiger partial charge in [0.1, 0.15) is 11.5 Å². The number of hydrogen-bond acceptors (Lipinski definition) is 4. The fourth-order valence-electron chi connectivity index (χ4n) is 2.05. The molecule has 5 nitrogen and oxygen atoms in total. The Kier molecular flexibility index (Phi) is 4.39. The summed E-state index contributed by atoms with van der Waals surface area (Å²) in [5, 5.41) is 8.04. The first kappa shape index (κ1) is 14.5. The Labute approximate surface area is 123 Å². The molecule has 0 aliphatic carbocycles. The number of methoxy groups -OCH3 is 2. The van der Waals surface area contributed by atoms with Gasteiger partial charge >= 0.3 is 0 Å². The van der Waals surface area contributed by atoms with Crippen LogP contribution in [0.3, 0.4) is 0 Å². The van der Waals surface area contributed by atoms with Gasteiger partial charge in [-0.05, 0) is 13.0 Å². The molecule has 1 N–H and O–H groups in total. The summed E-state index contributed by atoms with van der Waals surface area (Å²) in [7, 11) is 5.08. The van der Waals surface area contributed by atoms with Gasteiger partial charge in [-0.25, -0.2) is 0 Å². The molecule has 1 aromatic heterocycles. The third-order valence-electron chi connectivity index (χ3n) is 3.06. The van der Waals surface area contributed by atoms with Gasteiger partial charge in [0.15, 0.2) is 0 Å². The molecule has 0 fully saturated rings. The van der Waals surface area contributed by atoms with Crippen molar-refractivity contribution in [3.05, 3.63) is 35.1 Å². The molecule has 108 valence electrons. The largest absolute Gasteiger partial charge is 0.496 e. The molecule has 0 aliphatic rings. The van der Waals surface area contributed by atoms with Crippen LogP contribution in [0.1, 0.15) is 18.5 Å². The first-order chi connectivity index (χ1) is 9.55. The predicted molar refractivity (Wildman–Crippen MR) is 79.8 cm³/mol. The average molecular weight is 296 g/mol. The van der Waals surface area contributed by atoms with Crippen LogP contribution in [0, 0.1) is 0 Å². The van der Waals surface area contributed by atoms with E-state index in [9.17, 15) is 0 Å². The minimum Gasteiger partial charge on any atom is -0.496 e. The number of rotatable bonds is 5. The van der Waals surface area contributed by atoms with Crippen LogP contribution in [0.25, 0.3) is 0 Å². The van der Waals surface area contributed by atoms with Crippen LogP contribution in [0.5, 0.6) is 11.5 Å². The molecule has 20 heavy (non-hydrogen) atoms. The summed E-state index contributed by atoms with van der Waals surface area (Å²) < 4.78 is 12.3. The lowest BCUT2D eigenvalue weighted by Gasteiger charge is -2.19. The zero-order chi connectivity index (χ0) is 14.7. The van der Waals surface area contributed by atoms with E-state index in [0.29, 0.717) is 10.8 Å². The zero-order valence-electron chi connectivity index (χ0n) is 12.0.